The molecule has 1 aromatic heterocycles. The van der Waals surface area contributed by atoms with E-state index in [4.69, 9.17) is 9.47 Å². The number of ether oxygens (including phenoxy) is 2. The maximum Gasteiger partial charge on any atom is 0.254 e. The van der Waals surface area contributed by atoms with Crippen molar-refractivity contribution in [3.8, 4) is 0 Å². The van der Waals surface area contributed by atoms with E-state index in [1.54, 1.807) is 0 Å². The van der Waals surface area contributed by atoms with Gasteiger partial charge in [0.15, 0.2) is 0 Å². The average molecular weight is 354 g/mol. The Morgan fingerprint density at radius 2 is 2.08 bits per heavy atom. The van der Waals surface area contributed by atoms with E-state index in [0.717, 1.165) is 48.4 Å². The lowest BCUT2D eigenvalue weighted by atomic mass is 10.1. The fraction of sp³-hybridized carbons (Fsp3) is 0.571. The molecule has 138 valence electrons. The van der Waals surface area contributed by atoms with Crippen molar-refractivity contribution in [1.82, 2.24) is 9.88 Å². The second-order valence-corrected chi connectivity index (χ2v) is 8.07. The van der Waals surface area contributed by atoms with Gasteiger partial charge < -0.3 is 19.4 Å². The van der Waals surface area contributed by atoms with Gasteiger partial charge in [0.05, 0.1) is 18.8 Å². The zero-order valence-electron chi connectivity index (χ0n) is 15.0. The van der Waals surface area contributed by atoms with Gasteiger partial charge in [-0.1, -0.05) is 0 Å². The molecular formula is C21H26N2O3. The van der Waals surface area contributed by atoms with Crippen molar-refractivity contribution in [1.29, 1.82) is 0 Å². The minimum atomic E-state index is 0.131. The summed E-state index contributed by atoms with van der Waals surface area (Å²) in [6.07, 6.45) is 6.73. The number of benzene rings is 1. The summed E-state index contributed by atoms with van der Waals surface area (Å²) in [6.45, 7) is 3.03. The Labute approximate surface area is 153 Å². The second-order valence-electron chi connectivity index (χ2n) is 8.07. The van der Waals surface area contributed by atoms with Gasteiger partial charge in [0.1, 0.15) is 0 Å². The van der Waals surface area contributed by atoms with Gasteiger partial charge in [0.25, 0.3) is 5.91 Å². The molecule has 3 atom stereocenters. The van der Waals surface area contributed by atoms with Crippen molar-refractivity contribution in [3.05, 3.63) is 36.0 Å². The van der Waals surface area contributed by atoms with Crippen LogP contribution in [0.2, 0.25) is 0 Å². The molecule has 0 radical (unpaired) electrons. The first kappa shape index (κ1) is 16.3. The molecule has 5 nitrogen and oxygen atoms in total. The molecule has 26 heavy (non-hydrogen) atoms. The van der Waals surface area contributed by atoms with Crippen LogP contribution in [0.3, 0.4) is 0 Å². The number of aromatic amines is 1. The summed E-state index contributed by atoms with van der Waals surface area (Å²) >= 11 is 0. The number of fused-ring (bicyclic) bond motifs is 2. The molecule has 3 fully saturated rings. The molecule has 0 spiro atoms. The Balaban J connectivity index is 1.27. The van der Waals surface area contributed by atoms with Crippen LogP contribution in [0.15, 0.2) is 30.5 Å². The van der Waals surface area contributed by atoms with Crippen LogP contribution in [-0.4, -0.2) is 54.3 Å². The summed E-state index contributed by atoms with van der Waals surface area (Å²) in [5.41, 5.74) is 1.83. The van der Waals surface area contributed by atoms with Crippen LogP contribution in [0.5, 0.6) is 0 Å². The van der Waals surface area contributed by atoms with Crippen LogP contribution < -0.4 is 0 Å². The molecule has 1 saturated heterocycles. The van der Waals surface area contributed by atoms with Crippen molar-refractivity contribution >= 4 is 16.8 Å². The zero-order valence-corrected chi connectivity index (χ0v) is 15.0. The van der Waals surface area contributed by atoms with E-state index in [0.29, 0.717) is 19.1 Å². The lowest BCUT2D eigenvalue weighted by Crippen LogP contribution is -2.51. The average Bonchev–Trinajstić information content (AvgIpc) is 3.19. The molecule has 5 rings (SSSR count). The van der Waals surface area contributed by atoms with Crippen molar-refractivity contribution in [2.45, 2.75) is 37.8 Å². The normalized spacial score (nSPS) is 28.5. The summed E-state index contributed by atoms with van der Waals surface area (Å²) in [5.74, 6) is 1.44. The zero-order chi connectivity index (χ0) is 17.5. The molecule has 1 N–H and O–H groups in total. The van der Waals surface area contributed by atoms with E-state index in [1.807, 2.05) is 35.4 Å². The number of nitrogens with one attached hydrogen (secondary N) is 1. The molecule has 1 aromatic carbocycles. The highest BCUT2D eigenvalue weighted by molar-refractivity contribution is 5.98. The quantitative estimate of drug-likeness (QED) is 0.897. The minimum absolute atomic E-state index is 0.131. The summed E-state index contributed by atoms with van der Waals surface area (Å²) in [6, 6.07) is 8.11. The van der Waals surface area contributed by atoms with Crippen molar-refractivity contribution < 1.29 is 14.3 Å². The number of nitrogens with zero attached hydrogens (tertiary/aromatic N) is 1. The first-order valence-electron chi connectivity index (χ1n) is 9.85. The van der Waals surface area contributed by atoms with Crippen molar-refractivity contribution in [2.24, 2.45) is 11.8 Å². The summed E-state index contributed by atoms with van der Waals surface area (Å²) in [5, 5.41) is 1.08. The minimum Gasteiger partial charge on any atom is -0.381 e. The molecule has 3 aliphatic rings. The van der Waals surface area contributed by atoms with Crippen LogP contribution >= 0.6 is 0 Å². The number of rotatable bonds is 5. The van der Waals surface area contributed by atoms with Gasteiger partial charge in [-0.25, -0.2) is 0 Å². The number of carbonyl (C=O) groups excluding carboxylic acids is 1. The molecule has 2 aliphatic carbocycles. The number of morpholine rings is 1. The molecule has 2 aromatic rings. The Bertz CT molecular complexity index is 797. The molecule has 2 heterocycles. The van der Waals surface area contributed by atoms with Crippen LogP contribution in [0, 0.1) is 11.8 Å². The molecule has 0 bridgehead atoms. The lowest BCUT2D eigenvalue weighted by Gasteiger charge is -2.37. The predicted octanol–water partition coefficient (Wildman–Crippen LogP) is 3.21. The number of H-pyrrole nitrogens is 1. The monoisotopic (exact) mass is 354 g/mol. The molecule has 5 heteroatoms. The first-order valence-corrected chi connectivity index (χ1v) is 9.85. The maximum atomic E-state index is 13.2. The lowest BCUT2D eigenvalue weighted by molar-refractivity contribution is -0.0450. The van der Waals surface area contributed by atoms with E-state index in [2.05, 4.69) is 4.98 Å². The smallest absolute Gasteiger partial charge is 0.254 e. The topological polar surface area (TPSA) is 54.6 Å². The molecular weight excluding hydrogens is 328 g/mol. The Kier molecular flexibility index (Phi) is 4.21. The summed E-state index contributed by atoms with van der Waals surface area (Å²) in [7, 11) is 0. The highest BCUT2D eigenvalue weighted by atomic mass is 16.5. The van der Waals surface area contributed by atoms with Crippen LogP contribution in [0.1, 0.15) is 36.0 Å². The van der Waals surface area contributed by atoms with Gasteiger partial charge in [-0.15, -0.1) is 0 Å². The van der Waals surface area contributed by atoms with E-state index >= 15 is 0 Å². The fourth-order valence-corrected chi connectivity index (χ4v) is 4.48. The van der Waals surface area contributed by atoms with Gasteiger partial charge in [-0.2, -0.15) is 0 Å². The largest absolute Gasteiger partial charge is 0.381 e. The van der Waals surface area contributed by atoms with E-state index in [1.165, 1.54) is 12.8 Å². The standard InChI is InChI=1S/C21H26N2O3/c24-21(17-3-4-18-16(11-17)5-6-22-18)23-7-8-26-20-10-15(9-19(20)23)13-25-12-14-1-2-14/h3-6,11,14-15,19-20,22H,1-2,7-10,12-13H2. The Morgan fingerprint density at radius 3 is 2.96 bits per heavy atom. The fourth-order valence-electron chi connectivity index (χ4n) is 4.48. The molecule has 3 unspecified atom stereocenters. The second kappa shape index (κ2) is 6.71. The highest BCUT2D eigenvalue weighted by Crippen LogP contribution is 2.36. The molecule has 1 amide bonds. The van der Waals surface area contributed by atoms with E-state index in [9.17, 15) is 4.79 Å². The Morgan fingerprint density at radius 1 is 1.19 bits per heavy atom. The highest BCUT2D eigenvalue weighted by Gasteiger charge is 2.43. The maximum absolute atomic E-state index is 13.2. The van der Waals surface area contributed by atoms with Gasteiger partial charge in [0, 0.05) is 42.4 Å². The van der Waals surface area contributed by atoms with E-state index < -0.39 is 0 Å². The van der Waals surface area contributed by atoms with Crippen molar-refractivity contribution in [2.75, 3.05) is 26.4 Å². The SMILES string of the molecule is O=C(c1ccc2[nH]ccc2c1)N1CCOC2CC(COCC3CC3)CC21. The third-order valence-corrected chi connectivity index (χ3v) is 6.10. The third-order valence-electron chi connectivity index (χ3n) is 6.10. The van der Waals surface area contributed by atoms with Gasteiger partial charge in [0.2, 0.25) is 0 Å². The van der Waals surface area contributed by atoms with Gasteiger partial charge in [-0.05, 0) is 61.8 Å². The van der Waals surface area contributed by atoms with Crippen molar-refractivity contribution in [3.63, 3.8) is 0 Å². The third kappa shape index (κ3) is 3.14. The van der Waals surface area contributed by atoms with E-state index in [-0.39, 0.29) is 18.1 Å². The number of aromatic nitrogens is 1. The van der Waals surface area contributed by atoms with Gasteiger partial charge in [-0.3, -0.25) is 4.79 Å². The summed E-state index contributed by atoms with van der Waals surface area (Å²) in [4.78, 5) is 18.4. The van der Waals surface area contributed by atoms with Crippen LogP contribution in [-0.2, 0) is 9.47 Å². The number of hydrogen-bond donors (Lipinski definition) is 1. The Hall–Kier alpha value is -1.85. The van der Waals surface area contributed by atoms with Gasteiger partial charge >= 0.3 is 0 Å². The predicted molar refractivity (Wildman–Crippen MR) is 99.1 cm³/mol. The number of hydrogen-bond acceptors (Lipinski definition) is 3. The van der Waals surface area contributed by atoms with Crippen LogP contribution in [0.25, 0.3) is 10.9 Å². The molecule has 1 aliphatic heterocycles. The first-order chi connectivity index (χ1) is 12.8. The van der Waals surface area contributed by atoms with Crippen LogP contribution in [0.4, 0.5) is 0 Å². The number of carbonyl (C=O) groups is 1. The molecule has 2 saturated carbocycles. The number of amides is 1. The summed E-state index contributed by atoms with van der Waals surface area (Å²) < 4.78 is 11.9.